The van der Waals surface area contributed by atoms with Crippen molar-refractivity contribution in [2.24, 2.45) is 5.92 Å². The summed E-state index contributed by atoms with van der Waals surface area (Å²) in [6.45, 7) is 2.38. The van der Waals surface area contributed by atoms with Crippen LogP contribution in [0.25, 0.3) is 0 Å². The number of fused-ring (bicyclic) bond motifs is 1. The second-order valence-electron chi connectivity index (χ2n) is 7.17. The number of halogens is 1. The molecule has 2 aromatic rings. The predicted octanol–water partition coefficient (Wildman–Crippen LogP) is 2.77. The Labute approximate surface area is 159 Å². The molecule has 0 N–H and O–H groups in total. The number of nitro groups is 1. The molecule has 2 amide bonds. The molecule has 146 valence electrons. The molecule has 0 spiro atoms. The van der Waals surface area contributed by atoms with Crippen LogP contribution in [0.1, 0.15) is 29.5 Å². The number of rotatable bonds is 3. The Morgan fingerprint density at radius 3 is 2.68 bits per heavy atom. The van der Waals surface area contributed by atoms with Crippen LogP contribution in [0.2, 0.25) is 0 Å². The summed E-state index contributed by atoms with van der Waals surface area (Å²) in [6, 6.07) is 6.80. The number of amides is 2. The van der Waals surface area contributed by atoms with E-state index >= 15 is 0 Å². The van der Waals surface area contributed by atoms with Crippen molar-refractivity contribution in [3.63, 3.8) is 0 Å². The Kier molecular flexibility index (Phi) is 4.37. The van der Waals surface area contributed by atoms with Crippen LogP contribution in [0.3, 0.4) is 0 Å². The summed E-state index contributed by atoms with van der Waals surface area (Å²) in [5.74, 6) is -1.89. The monoisotopic (exact) mass is 387 g/mol. The fourth-order valence-electron chi connectivity index (χ4n) is 3.75. The van der Waals surface area contributed by atoms with Gasteiger partial charge in [0, 0.05) is 24.8 Å². The van der Waals surface area contributed by atoms with Gasteiger partial charge in [-0.25, -0.2) is 4.39 Å². The van der Waals surface area contributed by atoms with Crippen molar-refractivity contribution >= 4 is 23.4 Å². The highest BCUT2D eigenvalue weighted by molar-refractivity contribution is 6.00. The van der Waals surface area contributed by atoms with Gasteiger partial charge in [-0.05, 0) is 49.6 Å². The van der Waals surface area contributed by atoms with Crippen molar-refractivity contribution in [1.82, 2.24) is 4.90 Å². The maximum Gasteiger partial charge on any atom is 0.433 e. The fraction of sp³-hybridized carbons (Fsp3) is 0.368. The molecule has 1 aromatic carbocycles. The second kappa shape index (κ2) is 6.74. The summed E-state index contributed by atoms with van der Waals surface area (Å²) >= 11 is 0. The molecule has 1 aromatic heterocycles. The van der Waals surface area contributed by atoms with E-state index in [-0.39, 0.29) is 42.5 Å². The zero-order chi connectivity index (χ0) is 20.0. The molecule has 0 bridgehead atoms. The maximum absolute atomic E-state index is 13.5. The van der Waals surface area contributed by atoms with Gasteiger partial charge in [0.2, 0.25) is 5.91 Å². The minimum atomic E-state index is -0.711. The first kappa shape index (κ1) is 18.1. The summed E-state index contributed by atoms with van der Waals surface area (Å²) in [7, 11) is 0. The molecule has 9 heteroatoms. The average molecular weight is 387 g/mol. The van der Waals surface area contributed by atoms with Gasteiger partial charge in [-0.15, -0.1) is 0 Å². The number of hydrogen-bond donors (Lipinski definition) is 0. The molecule has 2 aliphatic rings. The first-order valence-electron chi connectivity index (χ1n) is 9.00. The van der Waals surface area contributed by atoms with E-state index in [1.165, 1.54) is 23.1 Å². The summed E-state index contributed by atoms with van der Waals surface area (Å²) < 4.78 is 18.4. The third-order valence-electron chi connectivity index (χ3n) is 5.31. The van der Waals surface area contributed by atoms with Crippen molar-refractivity contribution in [2.45, 2.75) is 25.8 Å². The van der Waals surface area contributed by atoms with Crippen LogP contribution in [-0.2, 0) is 11.2 Å². The molecular formula is C19H18FN3O5. The zero-order valence-corrected chi connectivity index (χ0v) is 15.1. The SMILES string of the molecule is CC1CCc2cc(F)ccc2N1C(=O)C1CN(C(=O)c2ccc([N+](=O)[O-])o2)C1. The molecule has 1 unspecified atom stereocenters. The molecule has 1 fully saturated rings. The molecule has 0 saturated carbocycles. The van der Waals surface area contributed by atoms with Crippen LogP contribution in [0, 0.1) is 21.8 Å². The first-order chi connectivity index (χ1) is 13.3. The van der Waals surface area contributed by atoms with Crippen LogP contribution >= 0.6 is 0 Å². The lowest BCUT2D eigenvalue weighted by atomic mass is 9.92. The quantitative estimate of drug-likeness (QED) is 0.596. The van der Waals surface area contributed by atoms with Crippen LogP contribution in [-0.4, -0.2) is 40.8 Å². The van der Waals surface area contributed by atoms with Gasteiger partial charge in [-0.3, -0.25) is 19.7 Å². The summed E-state index contributed by atoms with van der Waals surface area (Å²) in [6.07, 6.45) is 1.46. The van der Waals surface area contributed by atoms with Gasteiger partial charge >= 0.3 is 5.88 Å². The highest BCUT2D eigenvalue weighted by Crippen LogP contribution is 2.34. The van der Waals surface area contributed by atoms with Gasteiger partial charge in [0.05, 0.1) is 12.0 Å². The number of carbonyl (C=O) groups excluding carboxylic acids is 2. The fourth-order valence-corrected chi connectivity index (χ4v) is 3.75. The third kappa shape index (κ3) is 3.02. The van der Waals surface area contributed by atoms with Crippen molar-refractivity contribution in [3.05, 3.63) is 57.6 Å². The third-order valence-corrected chi connectivity index (χ3v) is 5.31. The molecule has 1 saturated heterocycles. The van der Waals surface area contributed by atoms with Gasteiger partial charge in [0.15, 0.2) is 5.76 Å². The lowest BCUT2D eigenvalue weighted by molar-refractivity contribution is -0.402. The van der Waals surface area contributed by atoms with E-state index in [4.69, 9.17) is 4.42 Å². The molecule has 0 aliphatic carbocycles. The van der Waals surface area contributed by atoms with E-state index in [0.29, 0.717) is 6.42 Å². The molecule has 3 heterocycles. The van der Waals surface area contributed by atoms with Crippen LogP contribution in [0.4, 0.5) is 16.0 Å². The van der Waals surface area contributed by atoms with Crippen LogP contribution in [0.5, 0.6) is 0 Å². The lowest BCUT2D eigenvalue weighted by Gasteiger charge is -2.43. The summed E-state index contributed by atoms with van der Waals surface area (Å²) in [5, 5.41) is 10.7. The van der Waals surface area contributed by atoms with E-state index in [0.717, 1.165) is 23.7 Å². The standard InChI is InChI=1S/C19H18FN3O5/c1-11-2-3-12-8-14(20)4-5-15(12)22(11)18(24)13-9-21(10-13)19(25)16-6-7-17(28-16)23(26)27/h4-8,11,13H,2-3,9-10H2,1H3. The van der Waals surface area contributed by atoms with E-state index in [9.17, 15) is 24.1 Å². The van der Waals surface area contributed by atoms with Crippen LogP contribution in [0.15, 0.2) is 34.7 Å². The number of hydrogen-bond acceptors (Lipinski definition) is 5. The number of furan rings is 1. The molecule has 8 nitrogen and oxygen atoms in total. The molecule has 4 rings (SSSR count). The Bertz CT molecular complexity index is 966. The van der Waals surface area contributed by atoms with Crippen molar-refractivity contribution < 1.29 is 23.3 Å². The molecular weight excluding hydrogens is 369 g/mol. The predicted molar refractivity (Wildman–Crippen MR) is 96.4 cm³/mol. The first-order valence-corrected chi connectivity index (χ1v) is 9.00. The van der Waals surface area contributed by atoms with Crippen molar-refractivity contribution in [3.8, 4) is 0 Å². The van der Waals surface area contributed by atoms with E-state index in [1.807, 2.05) is 6.92 Å². The lowest BCUT2D eigenvalue weighted by Crippen LogP contribution is -2.58. The van der Waals surface area contributed by atoms with Gasteiger partial charge in [0.25, 0.3) is 5.91 Å². The van der Waals surface area contributed by atoms with E-state index in [2.05, 4.69) is 0 Å². The Morgan fingerprint density at radius 1 is 1.25 bits per heavy atom. The second-order valence-corrected chi connectivity index (χ2v) is 7.17. The van der Waals surface area contributed by atoms with Gasteiger partial charge in [-0.2, -0.15) is 0 Å². The maximum atomic E-state index is 13.5. The molecule has 2 aliphatic heterocycles. The van der Waals surface area contributed by atoms with Gasteiger partial charge in [-0.1, -0.05) is 0 Å². The van der Waals surface area contributed by atoms with Crippen molar-refractivity contribution in [2.75, 3.05) is 18.0 Å². The Morgan fingerprint density at radius 2 is 2.00 bits per heavy atom. The molecule has 1 atom stereocenters. The topological polar surface area (TPSA) is 96.9 Å². The highest BCUT2D eigenvalue weighted by Gasteiger charge is 2.41. The summed E-state index contributed by atoms with van der Waals surface area (Å²) in [5.41, 5.74) is 1.53. The number of nitrogens with zero attached hydrogens (tertiary/aromatic N) is 3. The average Bonchev–Trinajstić information content (AvgIpc) is 3.10. The number of benzene rings is 1. The highest BCUT2D eigenvalue weighted by atomic mass is 19.1. The smallest absolute Gasteiger partial charge is 0.395 e. The van der Waals surface area contributed by atoms with Crippen molar-refractivity contribution in [1.29, 1.82) is 0 Å². The number of anilines is 1. The Balaban J connectivity index is 1.45. The van der Waals surface area contributed by atoms with Gasteiger partial charge < -0.3 is 14.2 Å². The van der Waals surface area contributed by atoms with E-state index in [1.54, 1.807) is 11.0 Å². The van der Waals surface area contributed by atoms with Crippen LogP contribution < -0.4 is 4.90 Å². The minimum absolute atomic E-state index is 0.0112. The minimum Gasteiger partial charge on any atom is -0.395 e. The number of carbonyl (C=O) groups is 2. The molecule has 28 heavy (non-hydrogen) atoms. The van der Waals surface area contributed by atoms with Gasteiger partial charge in [0.1, 0.15) is 10.7 Å². The zero-order valence-electron chi connectivity index (χ0n) is 15.1. The van der Waals surface area contributed by atoms with E-state index < -0.39 is 16.7 Å². The summed E-state index contributed by atoms with van der Waals surface area (Å²) in [4.78, 5) is 38.4. The largest absolute Gasteiger partial charge is 0.433 e. The Hall–Kier alpha value is -3.23. The number of aryl methyl sites for hydroxylation is 1. The normalized spacial score (nSPS) is 19.1. The number of likely N-dealkylation sites (tertiary alicyclic amines) is 1. The molecule has 0 radical (unpaired) electrons.